The lowest BCUT2D eigenvalue weighted by atomic mass is 9.96. The Bertz CT molecular complexity index is 403. The molecule has 0 saturated carbocycles. The maximum Gasteiger partial charge on any atom is 0.0622 e. The summed E-state index contributed by atoms with van der Waals surface area (Å²) in [6.45, 7) is 6.68. The van der Waals surface area contributed by atoms with Crippen LogP contribution in [0, 0.1) is 5.92 Å². The molecule has 0 radical (unpaired) electrons. The van der Waals surface area contributed by atoms with E-state index in [4.69, 9.17) is 4.74 Å². The second kappa shape index (κ2) is 9.51. The van der Waals surface area contributed by atoms with Crippen LogP contribution in [0.15, 0.2) is 30.3 Å². The van der Waals surface area contributed by atoms with E-state index in [0.717, 1.165) is 25.6 Å². The third-order valence-corrected chi connectivity index (χ3v) is 4.90. The molecule has 0 spiro atoms. The molecule has 2 heterocycles. The van der Waals surface area contributed by atoms with Gasteiger partial charge < -0.3 is 10.1 Å². The number of nitrogens with one attached hydrogen (secondary N) is 1. The molecule has 1 unspecified atom stereocenters. The zero-order chi connectivity index (χ0) is 14.3. The molecule has 22 heavy (non-hydrogen) atoms. The van der Waals surface area contributed by atoms with Crippen molar-refractivity contribution >= 4 is 12.4 Å². The third kappa shape index (κ3) is 5.24. The van der Waals surface area contributed by atoms with Crippen molar-refractivity contribution in [1.82, 2.24) is 10.2 Å². The van der Waals surface area contributed by atoms with Gasteiger partial charge in [-0.25, -0.2) is 0 Å². The van der Waals surface area contributed by atoms with Crippen LogP contribution in [0.2, 0.25) is 0 Å². The van der Waals surface area contributed by atoms with Crippen LogP contribution in [0.1, 0.15) is 24.8 Å². The summed E-state index contributed by atoms with van der Waals surface area (Å²) in [5, 5.41) is 3.47. The average Bonchev–Trinajstić information content (AvgIpc) is 3.08. The molecule has 1 atom stereocenters. The summed E-state index contributed by atoms with van der Waals surface area (Å²) in [6, 6.07) is 11.5. The Balaban J connectivity index is 0.00000176. The van der Waals surface area contributed by atoms with Crippen LogP contribution in [0.4, 0.5) is 0 Å². The molecule has 3 rings (SSSR count). The zero-order valence-corrected chi connectivity index (χ0v) is 14.2. The number of halogens is 1. The number of ether oxygens (including phenoxy) is 1. The second-order valence-corrected chi connectivity index (χ2v) is 6.44. The lowest BCUT2D eigenvalue weighted by Crippen LogP contribution is -2.43. The number of nitrogens with zero attached hydrogens (tertiary/aromatic N) is 1. The van der Waals surface area contributed by atoms with Crippen molar-refractivity contribution in [1.29, 1.82) is 0 Å². The smallest absolute Gasteiger partial charge is 0.0622 e. The molecule has 3 nitrogen and oxygen atoms in total. The van der Waals surface area contributed by atoms with Gasteiger partial charge in [0.15, 0.2) is 0 Å². The molecule has 1 aromatic carbocycles. The highest BCUT2D eigenvalue weighted by atomic mass is 35.5. The number of rotatable bonds is 6. The Morgan fingerprint density at radius 2 is 1.86 bits per heavy atom. The zero-order valence-electron chi connectivity index (χ0n) is 13.4. The summed E-state index contributed by atoms with van der Waals surface area (Å²) in [6.07, 6.45) is 5.02. The molecule has 2 aliphatic rings. The molecular weight excluding hydrogens is 296 g/mol. The van der Waals surface area contributed by atoms with Crippen LogP contribution in [-0.2, 0) is 11.2 Å². The highest BCUT2D eigenvalue weighted by molar-refractivity contribution is 5.85. The monoisotopic (exact) mass is 324 g/mol. The normalized spacial score (nSPS) is 22.7. The van der Waals surface area contributed by atoms with Gasteiger partial charge in [-0.15, -0.1) is 12.4 Å². The van der Waals surface area contributed by atoms with Crippen LogP contribution in [0.25, 0.3) is 0 Å². The fraction of sp³-hybridized carbons (Fsp3) is 0.667. The van der Waals surface area contributed by atoms with Gasteiger partial charge in [-0.05, 0) is 50.3 Å². The molecule has 1 N–H and O–H groups in total. The predicted molar refractivity (Wildman–Crippen MR) is 93.8 cm³/mol. The van der Waals surface area contributed by atoms with Crippen molar-refractivity contribution in [3.63, 3.8) is 0 Å². The predicted octanol–water partition coefficient (Wildman–Crippen LogP) is 2.74. The topological polar surface area (TPSA) is 24.5 Å². The van der Waals surface area contributed by atoms with Gasteiger partial charge in [0.2, 0.25) is 0 Å². The maximum absolute atomic E-state index is 5.63. The Labute approximate surface area is 140 Å². The first-order valence-corrected chi connectivity index (χ1v) is 8.48. The largest absolute Gasteiger partial charge is 0.380 e. The minimum Gasteiger partial charge on any atom is -0.380 e. The van der Waals surface area contributed by atoms with E-state index in [1.54, 1.807) is 0 Å². The van der Waals surface area contributed by atoms with Crippen LogP contribution in [0.3, 0.4) is 0 Å². The summed E-state index contributed by atoms with van der Waals surface area (Å²) in [4.78, 5) is 2.70. The average molecular weight is 325 g/mol. The molecule has 0 bridgehead atoms. The van der Waals surface area contributed by atoms with E-state index >= 15 is 0 Å². The minimum absolute atomic E-state index is 0. The van der Waals surface area contributed by atoms with Gasteiger partial charge in [0.25, 0.3) is 0 Å². The first-order chi connectivity index (χ1) is 10.4. The maximum atomic E-state index is 5.63. The lowest BCUT2D eigenvalue weighted by molar-refractivity contribution is 0.123. The van der Waals surface area contributed by atoms with E-state index in [1.807, 2.05) is 0 Å². The Morgan fingerprint density at radius 3 is 2.55 bits per heavy atom. The SMILES string of the molecule is Cl.c1ccc(CCN(CC2CCNCC2)C2CCOC2)cc1. The Hall–Kier alpha value is -0.610. The highest BCUT2D eigenvalue weighted by Gasteiger charge is 2.26. The summed E-state index contributed by atoms with van der Waals surface area (Å²) < 4.78 is 5.63. The van der Waals surface area contributed by atoms with E-state index in [-0.39, 0.29) is 12.4 Å². The van der Waals surface area contributed by atoms with E-state index in [0.29, 0.717) is 6.04 Å². The second-order valence-electron chi connectivity index (χ2n) is 6.44. The number of hydrogen-bond acceptors (Lipinski definition) is 3. The highest BCUT2D eigenvalue weighted by Crippen LogP contribution is 2.19. The quantitative estimate of drug-likeness (QED) is 0.871. The van der Waals surface area contributed by atoms with Crippen molar-refractivity contribution in [2.24, 2.45) is 5.92 Å². The number of hydrogen-bond donors (Lipinski definition) is 1. The number of benzene rings is 1. The Kier molecular flexibility index (Phi) is 7.67. The molecule has 124 valence electrons. The van der Waals surface area contributed by atoms with E-state index in [2.05, 4.69) is 40.5 Å². The van der Waals surface area contributed by atoms with Crippen molar-refractivity contribution in [3.8, 4) is 0 Å². The molecule has 2 saturated heterocycles. The van der Waals surface area contributed by atoms with Gasteiger partial charge in [-0.3, -0.25) is 4.90 Å². The van der Waals surface area contributed by atoms with Crippen molar-refractivity contribution in [2.45, 2.75) is 31.7 Å². The fourth-order valence-electron chi connectivity index (χ4n) is 3.55. The summed E-state index contributed by atoms with van der Waals surface area (Å²) in [7, 11) is 0. The lowest BCUT2D eigenvalue weighted by Gasteiger charge is -2.33. The molecule has 4 heteroatoms. The van der Waals surface area contributed by atoms with Crippen LogP contribution < -0.4 is 5.32 Å². The Morgan fingerprint density at radius 1 is 1.09 bits per heavy atom. The van der Waals surface area contributed by atoms with Gasteiger partial charge in [0, 0.05) is 25.7 Å². The van der Waals surface area contributed by atoms with Crippen LogP contribution in [0.5, 0.6) is 0 Å². The van der Waals surface area contributed by atoms with Crippen LogP contribution in [-0.4, -0.2) is 50.3 Å². The standard InChI is InChI=1S/C18H28N2O.ClH/c1-2-4-16(5-3-1)8-12-20(18-9-13-21-15-18)14-17-6-10-19-11-7-17;/h1-5,17-19H,6-15H2;1H. The van der Waals surface area contributed by atoms with Crippen molar-refractivity contribution in [3.05, 3.63) is 35.9 Å². The summed E-state index contributed by atoms with van der Waals surface area (Å²) in [5.74, 6) is 0.864. The molecule has 2 fully saturated rings. The first kappa shape index (κ1) is 17.7. The first-order valence-electron chi connectivity index (χ1n) is 8.48. The summed E-state index contributed by atoms with van der Waals surface area (Å²) >= 11 is 0. The van der Waals surface area contributed by atoms with Crippen molar-refractivity contribution < 1.29 is 4.74 Å². The molecular formula is C18H29ClN2O. The molecule has 0 aliphatic carbocycles. The van der Waals surface area contributed by atoms with Gasteiger partial charge in [-0.1, -0.05) is 30.3 Å². The van der Waals surface area contributed by atoms with Gasteiger partial charge in [-0.2, -0.15) is 0 Å². The van der Waals surface area contributed by atoms with E-state index in [1.165, 1.54) is 51.0 Å². The molecule has 2 aliphatic heterocycles. The van der Waals surface area contributed by atoms with Crippen LogP contribution >= 0.6 is 12.4 Å². The van der Waals surface area contributed by atoms with Gasteiger partial charge in [0.05, 0.1) is 6.61 Å². The van der Waals surface area contributed by atoms with E-state index in [9.17, 15) is 0 Å². The van der Waals surface area contributed by atoms with E-state index < -0.39 is 0 Å². The fourth-order valence-corrected chi connectivity index (χ4v) is 3.55. The molecule has 0 aromatic heterocycles. The minimum atomic E-state index is 0. The summed E-state index contributed by atoms with van der Waals surface area (Å²) in [5.41, 5.74) is 1.45. The third-order valence-electron chi connectivity index (χ3n) is 4.90. The number of piperidine rings is 1. The van der Waals surface area contributed by atoms with Crippen molar-refractivity contribution in [2.75, 3.05) is 39.4 Å². The van der Waals surface area contributed by atoms with Gasteiger partial charge in [0.1, 0.15) is 0 Å². The molecule has 0 amide bonds. The van der Waals surface area contributed by atoms with Gasteiger partial charge >= 0.3 is 0 Å². The molecule has 1 aromatic rings.